The van der Waals surface area contributed by atoms with Gasteiger partial charge in [-0.05, 0) is 73.5 Å². The third-order valence-electron chi connectivity index (χ3n) is 4.71. The number of rotatable bonds is 3. The standard InChI is InChI=1S/C22H20N2O2/c1-13-9-21(23-19-7-5-15(25-3)11-17(13)19)22-10-14(2)18-12-16(26-4)6-8-20(18)24-22/h5-12H,1-4H3. The molecule has 0 N–H and O–H groups in total. The Morgan fingerprint density at radius 3 is 1.42 bits per heavy atom. The molecule has 0 radical (unpaired) electrons. The Kier molecular flexibility index (Phi) is 3.96. The Morgan fingerprint density at radius 2 is 1.04 bits per heavy atom. The van der Waals surface area contributed by atoms with E-state index in [-0.39, 0.29) is 0 Å². The monoisotopic (exact) mass is 344 g/mol. The molecule has 2 aromatic heterocycles. The molecule has 2 aromatic carbocycles. The predicted octanol–water partition coefficient (Wildman–Crippen LogP) is 5.08. The van der Waals surface area contributed by atoms with Crippen molar-refractivity contribution in [3.8, 4) is 22.9 Å². The minimum absolute atomic E-state index is 0.837. The van der Waals surface area contributed by atoms with Crippen LogP contribution >= 0.6 is 0 Å². The van der Waals surface area contributed by atoms with Crippen LogP contribution in [0.25, 0.3) is 33.2 Å². The van der Waals surface area contributed by atoms with E-state index < -0.39 is 0 Å². The van der Waals surface area contributed by atoms with Gasteiger partial charge < -0.3 is 9.47 Å². The Morgan fingerprint density at radius 1 is 0.615 bits per heavy atom. The van der Waals surface area contributed by atoms with Gasteiger partial charge in [-0.25, -0.2) is 9.97 Å². The zero-order chi connectivity index (χ0) is 18.3. The fourth-order valence-corrected chi connectivity index (χ4v) is 3.26. The average molecular weight is 344 g/mol. The molecule has 0 saturated heterocycles. The van der Waals surface area contributed by atoms with Crippen LogP contribution in [-0.2, 0) is 0 Å². The zero-order valence-corrected chi connectivity index (χ0v) is 15.3. The summed E-state index contributed by atoms with van der Waals surface area (Å²) >= 11 is 0. The molecule has 26 heavy (non-hydrogen) atoms. The molecule has 0 aliphatic heterocycles. The summed E-state index contributed by atoms with van der Waals surface area (Å²) in [4.78, 5) is 9.64. The van der Waals surface area contributed by atoms with Crippen molar-refractivity contribution in [3.05, 3.63) is 59.7 Å². The van der Waals surface area contributed by atoms with Gasteiger partial charge in [0, 0.05) is 10.8 Å². The molecule has 4 nitrogen and oxygen atoms in total. The molecule has 4 heteroatoms. The molecule has 4 rings (SSSR count). The second-order valence-corrected chi connectivity index (χ2v) is 6.41. The van der Waals surface area contributed by atoms with Crippen LogP contribution < -0.4 is 9.47 Å². The minimum atomic E-state index is 0.837. The van der Waals surface area contributed by atoms with Gasteiger partial charge in [-0.15, -0.1) is 0 Å². The van der Waals surface area contributed by atoms with Gasteiger partial charge in [0.2, 0.25) is 0 Å². The highest BCUT2D eigenvalue weighted by Gasteiger charge is 2.10. The van der Waals surface area contributed by atoms with Crippen molar-refractivity contribution < 1.29 is 9.47 Å². The maximum absolute atomic E-state index is 5.32. The van der Waals surface area contributed by atoms with Crippen molar-refractivity contribution in [1.82, 2.24) is 9.97 Å². The van der Waals surface area contributed by atoms with E-state index in [1.165, 1.54) is 0 Å². The Bertz CT molecular complexity index is 1040. The van der Waals surface area contributed by atoms with Crippen LogP contribution in [-0.4, -0.2) is 24.2 Å². The topological polar surface area (TPSA) is 44.2 Å². The lowest BCUT2D eigenvalue weighted by Gasteiger charge is -2.10. The third kappa shape index (κ3) is 2.73. The van der Waals surface area contributed by atoms with Crippen molar-refractivity contribution >= 4 is 21.8 Å². The Labute approximate surface area is 152 Å². The van der Waals surface area contributed by atoms with E-state index in [4.69, 9.17) is 19.4 Å². The number of nitrogens with zero attached hydrogens (tertiary/aromatic N) is 2. The summed E-state index contributed by atoms with van der Waals surface area (Å²) < 4.78 is 10.6. The van der Waals surface area contributed by atoms with Crippen molar-refractivity contribution in [2.24, 2.45) is 0 Å². The van der Waals surface area contributed by atoms with Crippen molar-refractivity contribution in [2.45, 2.75) is 13.8 Å². The maximum Gasteiger partial charge on any atom is 0.119 e. The summed E-state index contributed by atoms with van der Waals surface area (Å²) in [5.41, 5.74) is 5.93. The number of ether oxygens (including phenoxy) is 2. The lowest BCUT2D eigenvalue weighted by Crippen LogP contribution is -1.94. The summed E-state index contributed by atoms with van der Waals surface area (Å²) in [5.74, 6) is 1.67. The fourth-order valence-electron chi connectivity index (χ4n) is 3.26. The SMILES string of the molecule is COc1ccc2nc(-c3cc(C)c4cc(OC)ccc4n3)cc(C)c2c1. The fraction of sp³-hybridized carbons (Fsp3) is 0.182. The van der Waals surface area contributed by atoms with E-state index >= 15 is 0 Å². The molecule has 0 aliphatic carbocycles. The van der Waals surface area contributed by atoms with E-state index in [1.54, 1.807) is 14.2 Å². The average Bonchev–Trinajstić information content (AvgIpc) is 2.67. The Balaban J connectivity index is 1.89. The van der Waals surface area contributed by atoms with Crippen molar-refractivity contribution in [1.29, 1.82) is 0 Å². The van der Waals surface area contributed by atoms with Gasteiger partial charge in [-0.1, -0.05) is 0 Å². The van der Waals surface area contributed by atoms with Crippen LogP contribution in [0.1, 0.15) is 11.1 Å². The number of aromatic nitrogens is 2. The molecule has 0 fully saturated rings. The Hall–Kier alpha value is -3.14. The summed E-state index contributed by atoms with van der Waals surface area (Å²) in [6, 6.07) is 16.1. The van der Waals surface area contributed by atoms with E-state index in [0.717, 1.165) is 55.8 Å². The number of hydrogen-bond acceptors (Lipinski definition) is 4. The van der Waals surface area contributed by atoms with E-state index in [0.29, 0.717) is 0 Å². The molecule has 130 valence electrons. The lowest BCUT2D eigenvalue weighted by molar-refractivity contribution is 0.415. The summed E-state index contributed by atoms with van der Waals surface area (Å²) in [7, 11) is 3.35. The predicted molar refractivity (Wildman–Crippen MR) is 105 cm³/mol. The molecule has 0 amide bonds. The first-order valence-electron chi connectivity index (χ1n) is 8.50. The summed E-state index contributed by atoms with van der Waals surface area (Å²) in [6.07, 6.45) is 0. The largest absolute Gasteiger partial charge is 0.497 e. The van der Waals surface area contributed by atoms with Crippen molar-refractivity contribution in [2.75, 3.05) is 14.2 Å². The van der Waals surface area contributed by atoms with E-state index in [1.807, 2.05) is 36.4 Å². The first-order chi connectivity index (χ1) is 12.6. The number of methoxy groups -OCH3 is 2. The number of fused-ring (bicyclic) bond motifs is 2. The molecule has 0 bridgehead atoms. The maximum atomic E-state index is 5.32. The molecule has 0 spiro atoms. The van der Waals surface area contributed by atoms with Crippen LogP contribution in [0, 0.1) is 13.8 Å². The summed E-state index contributed by atoms with van der Waals surface area (Å²) in [6.45, 7) is 4.18. The zero-order valence-electron chi connectivity index (χ0n) is 15.3. The molecular weight excluding hydrogens is 324 g/mol. The molecule has 4 aromatic rings. The van der Waals surface area contributed by atoms with Crippen LogP contribution in [0.15, 0.2) is 48.5 Å². The summed E-state index contributed by atoms with van der Waals surface area (Å²) in [5, 5.41) is 2.19. The van der Waals surface area contributed by atoms with Crippen LogP contribution in [0.2, 0.25) is 0 Å². The highest BCUT2D eigenvalue weighted by atomic mass is 16.5. The molecule has 0 unspecified atom stereocenters. The highest BCUT2D eigenvalue weighted by Crippen LogP contribution is 2.29. The van der Waals surface area contributed by atoms with Gasteiger partial charge in [0.1, 0.15) is 11.5 Å². The lowest BCUT2D eigenvalue weighted by atomic mass is 10.0. The first kappa shape index (κ1) is 16.3. The number of pyridine rings is 2. The van der Waals surface area contributed by atoms with Gasteiger partial charge in [-0.3, -0.25) is 0 Å². The normalized spacial score (nSPS) is 11.1. The molecule has 0 saturated carbocycles. The van der Waals surface area contributed by atoms with Gasteiger partial charge in [0.05, 0.1) is 36.6 Å². The smallest absolute Gasteiger partial charge is 0.119 e. The molecular formula is C22H20N2O2. The minimum Gasteiger partial charge on any atom is -0.497 e. The van der Waals surface area contributed by atoms with Crippen LogP contribution in [0.4, 0.5) is 0 Å². The van der Waals surface area contributed by atoms with Gasteiger partial charge in [0.25, 0.3) is 0 Å². The second-order valence-electron chi connectivity index (χ2n) is 6.41. The molecule has 0 atom stereocenters. The van der Waals surface area contributed by atoms with Gasteiger partial charge in [0.15, 0.2) is 0 Å². The van der Waals surface area contributed by atoms with Gasteiger partial charge >= 0.3 is 0 Å². The number of benzene rings is 2. The quantitative estimate of drug-likeness (QED) is 0.519. The third-order valence-corrected chi connectivity index (χ3v) is 4.71. The van der Waals surface area contributed by atoms with Crippen molar-refractivity contribution in [3.63, 3.8) is 0 Å². The van der Waals surface area contributed by atoms with Crippen LogP contribution in [0.5, 0.6) is 11.5 Å². The van der Waals surface area contributed by atoms with Gasteiger partial charge in [-0.2, -0.15) is 0 Å². The molecule has 0 aliphatic rings. The number of aryl methyl sites for hydroxylation is 2. The van der Waals surface area contributed by atoms with E-state index in [2.05, 4.69) is 26.0 Å². The van der Waals surface area contributed by atoms with Crippen LogP contribution in [0.3, 0.4) is 0 Å². The first-order valence-corrected chi connectivity index (χ1v) is 8.50. The number of hydrogen-bond donors (Lipinski definition) is 0. The molecule has 2 heterocycles. The van der Waals surface area contributed by atoms with E-state index in [9.17, 15) is 0 Å². The second kappa shape index (κ2) is 6.30. The highest BCUT2D eigenvalue weighted by molar-refractivity contribution is 5.88.